The van der Waals surface area contributed by atoms with Gasteiger partial charge in [-0.05, 0) is 32.3 Å². The van der Waals surface area contributed by atoms with Crippen molar-refractivity contribution in [1.82, 2.24) is 0 Å². The highest BCUT2D eigenvalue weighted by atomic mass is 16.6. The van der Waals surface area contributed by atoms with Gasteiger partial charge < -0.3 is 10.1 Å². The molecule has 23 heavy (non-hydrogen) atoms. The number of amides is 1. The average molecular weight is 318 g/mol. The van der Waals surface area contributed by atoms with Crippen LogP contribution in [0, 0.1) is 16.0 Å². The van der Waals surface area contributed by atoms with E-state index in [1.807, 2.05) is 12.2 Å². The molecule has 0 unspecified atom stereocenters. The lowest BCUT2D eigenvalue weighted by Crippen LogP contribution is -2.32. The van der Waals surface area contributed by atoms with Crippen LogP contribution >= 0.6 is 0 Å². The summed E-state index contributed by atoms with van der Waals surface area (Å²) in [6.07, 6.45) is 5.04. The molecule has 1 aliphatic rings. The predicted octanol–water partition coefficient (Wildman–Crippen LogP) is 2.82. The Morgan fingerprint density at radius 3 is 2.74 bits per heavy atom. The third-order valence-electron chi connectivity index (χ3n) is 3.62. The quantitative estimate of drug-likeness (QED) is 0.389. The highest BCUT2D eigenvalue weighted by molar-refractivity contribution is 5.96. The highest BCUT2D eigenvalue weighted by Gasteiger charge is 2.26. The van der Waals surface area contributed by atoms with Crippen LogP contribution in [0.15, 0.2) is 36.4 Å². The molecule has 1 aliphatic carbocycles. The van der Waals surface area contributed by atoms with Crippen LogP contribution in [0.2, 0.25) is 0 Å². The summed E-state index contributed by atoms with van der Waals surface area (Å²) in [5.41, 5.74) is -0.136. The van der Waals surface area contributed by atoms with Gasteiger partial charge in [-0.2, -0.15) is 0 Å². The number of nitro benzene ring substituents is 1. The predicted molar refractivity (Wildman–Crippen MR) is 83.8 cm³/mol. The van der Waals surface area contributed by atoms with Gasteiger partial charge in [0.15, 0.2) is 6.10 Å². The molecule has 0 heterocycles. The van der Waals surface area contributed by atoms with Crippen molar-refractivity contribution in [2.45, 2.75) is 32.3 Å². The number of rotatable bonds is 5. The Hall–Kier alpha value is -2.70. The van der Waals surface area contributed by atoms with Crippen molar-refractivity contribution in [2.75, 3.05) is 5.32 Å². The van der Waals surface area contributed by atoms with E-state index in [9.17, 15) is 19.7 Å². The molecule has 1 amide bonds. The second-order valence-electron chi connectivity index (χ2n) is 5.32. The minimum Gasteiger partial charge on any atom is -0.452 e. The van der Waals surface area contributed by atoms with Crippen LogP contribution in [-0.2, 0) is 14.3 Å². The first-order valence-electron chi connectivity index (χ1n) is 7.39. The fourth-order valence-electron chi connectivity index (χ4n) is 2.30. The molecule has 1 N–H and O–H groups in total. The number of carbonyl (C=O) groups is 2. The van der Waals surface area contributed by atoms with Crippen LogP contribution in [0.1, 0.15) is 26.2 Å². The van der Waals surface area contributed by atoms with Gasteiger partial charge in [-0.1, -0.05) is 24.3 Å². The molecule has 1 aromatic rings. The maximum atomic E-state index is 12.1. The fraction of sp³-hybridized carbons (Fsp3) is 0.375. The molecule has 2 atom stereocenters. The van der Waals surface area contributed by atoms with E-state index in [4.69, 9.17) is 4.74 Å². The van der Waals surface area contributed by atoms with Gasteiger partial charge in [0, 0.05) is 6.07 Å². The average Bonchev–Trinajstić information content (AvgIpc) is 2.55. The van der Waals surface area contributed by atoms with Crippen molar-refractivity contribution in [3.8, 4) is 0 Å². The molecule has 0 bridgehead atoms. The Morgan fingerprint density at radius 1 is 1.35 bits per heavy atom. The topological polar surface area (TPSA) is 98.5 Å². The van der Waals surface area contributed by atoms with Gasteiger partial charge in [0.05, 0.1) is 10.8 Å². The number of ether oxygens (including phenoxy) is 1. The molecule has 0 saturated carbocycles. The lowest BCUT2D eigenvalue weighted by Gasteiger charge is -2.19. The van der Waals surface area contributed by atoms with Crippen molar-refractivity contribution < 1.29 is 19.2 Å². The zero-order valence-electron chi connectivity index (χ0n) is 12.7. The molecule has 0 aliphatic heterocycles. The Bertz CT molecular complexity index is 641. The molecule has 0 saturated heterocycles. The number of carbonyl (C=O) groups excluding carboxylic acids is 2. The lowest BCUT2D eigenvalue weighted by atomic mass is 9.95. The van der Waals surface area contributed by atoms with E-state index in [1.54, 1.807) is 6.07 Å². The van der Waals surface area contributed by atoms with Crippen molar-refractivity contribution in [3.05, 3.63) is 46.5 Å². The van der Waals surface area contributed by atoms with Gasteiger partial charge in [-0.15, -0.1) is 0 Å². The van der Waals surface area contributed by atoms with E-state index in [2.05, 4.69) is 5.32 Å². The molecule has 7 heteroatoms. The molecule has 1 aromatic carbocycles. The number of nitro groups is 1. The SMILES string of the molecule is C[C@@H](OC(=O)[C@@H]1CC=CCC1)C(=O)Nc1ccccc1[N+](=O)[O-]. The number of para-hydroxylation sites is 2. The van der Waals surface area contributed by atoms with E-state index < -0.39 is 22.9 Å². The van der Waals surface area contributed by atoms with Gasteiger partial charge in [0.25, 0.3) is 11.6 Å². The number of hydrogen-bond donors (Lipinski definition) is 1. The molecule has 0 aromatic heterocycles. The molecule has 0 fully saturated rings. The number of esters is 1. The summed E-state index contributed by atoms with van der Waals surface area (Å²) >= 11 is 0. The molecule has 0 spiro atoms. The number of nitrogens with zero attached hydrogens (tertiary/aromatic N) is 1. The molecule has 2 rings (SSSR count). The summed E-state index contributed by atoms with van der Waals surface area (Å²) in [6, 6.07) is 5.80. The summed E-state index contributed by atoms with van der Waals surface area (Å²) in [6.45, 7) is 1.45. The minimum atomic E-state index is -1.02. The summed E-state index contributed by atoms with van der Waals surface area (Å²) in [7, 11) is 0. The summed E-state index contributed by atoms with van der Waals surface area (Å²) in [5.74, 6) is -1.25. The van der Waals surface area contributed by atoms with Crippen LogP contribution in [-0.4, -0.2) is 22.9 Å². The minimum absolute atomic E-state index is 0.0750. The zero-order valence-corrected chi connectivity index (χ0v) is 12.7. The number of nitrogens with one attached hydrogen (secondary N) is 1. The zero-order chi connectivity index (χ0) is 16.8. The highest BCUT2D eigenvalue weighted by Crippen LogP contribution is 2.24. The largest absolute Gasteiger partial charge is 0.452 e. The van der Waals surface area contributed by atoms with Gasteiger partial charge in [0.1, 0.15) is 5.69 Å². The van der Waals surface area contributed by atoms with E-state index in [-0.39, 0.29) is 17.3 Å². The maximum Gasteiger partial charge on any atom is 0.310 e. The summed E-state index contributed by atoms with van der Waals surface area (Å²) < 4.78 is 5.17. The lowest BCUT2D eigenvalue weighted by molar-refractivity contribution is -0.383. The van der Waals surface area contributed by atoms with E-state index in [1.165, 1.54) is 25.1 Å². The first-order chi connectivity index (χ1) is 11.0. The first-order valence-corrected chi connectivity index (χ1v) is 7.39. The second kappa shape index (κ2) is 7.53. The number of allylic oxidation sites excluding steroid dienone is 2. The van der Waals surface area contributed by atoms with Crippen molar-refractivity contribution >= 4 is 23.3 Å². The van der Waals surface area contributed by atoms with Crippen molar-refractivity contribution in [1.29, 1.82) is 0 Å². The van der Waals surface area contributed by atoms with E-state index >= 15 is 0 Å². The van der Waals surface area contributed by atoms with Crippen LogP contribution in [0.3, 0.4) is 0 Å². The molecule has 7 nitrogen and oxygen atoms in total. The molecule has 0 radical (unpaired) electrons. The fourth-order valence-corrected chi connectivity index (χ4v) is 2.30. The number of benzene rings is 1. The van der Waals surface area contributed by atoms with Crippen LogP contribution < -0.4 is 5.32 Å². The van der Waals surface area contributed by atoms with Gasteiger partial charge in [-0.25, -0.2) is 0 Å². The van der Waals surface area contributed by atoms with Crippen molar-refractivity contribution in [3.63, 3.8) is 0 Å². The Kier molecular flexibility index (Phi) is 5.46. The first kappa shape index (κ1) is 16.7. The summed E-state index contributed by atoms with van der Waals surface area (Å²) in [5, 5.41) is 13.3. The van der Waals surface area contributed by atoms with Crippen LogP contribution in [0.25, 0.3) is 0 Å². The van der Waals surface area contributed by atoms with Gasteiger partial charge in [-0.3, -0.25) is 19.7 Å². The Morgan fingerprint density at radius 2 is 2.09 bits per heavy atom. The number of anilines is 1. The third-order valence-corrected chi connectivity index (χ3v) is 3.62. The smallest absolute Gasteiger partial charge is 0.310 e. The van der Waals surface area contributed by atoms with Crippen LogP contribution in [0.4, 0.5) is 11.4 Å². The van der Waals surface area contributed by atoms with E-state index in [0.29, 0.717) is 12.8 Å². The maximum absolute atomic E-state index is 12.1. The van der Waals surface area contributed by atoms with Gasteiger partial charge >= 0.3 is 5.97 Å². The van der Waals surface area contributed by atoms with Crippen LogP contribution in [0.5, 0.6) is 0 Å². The molecule has 122 valence electrons. The second-order valence-corrected chi connectivity index (χ2v) is 5.32. The molecular weight excluding hydrogens is 300 g/mol. The summed E-state index contributed by atoms with van der Waals surface area (Å²) in [4.78, 5) is 34.4. The number of hydrogen-bond acceptors (Lipinski definition) is 5. The molecular formula is C16H18N2O5. The van der Waals surface area contributed by atoms with Gasteiger partial charge in [0.2, 0.25) is 0 Å². The normalized spacial score (nSPS) is 18.0. The van der Waals surface area contributed by atoms with Crippen molar-refractivity contribution in [2.24, 2.45) is 5.92 Å². The third kappa shape index (κ3) is 4.38. The van der Waals surface area contributed by atoms with E-state index in [0.717, 1.165) is 6.42 Å². The Balaban J connectivity index is 1.96. The monoisotopic (exact) mass is 318 g/mol. The Labute approximate surface area is 133 Å². The standard InChI is InChI=1S/C16H18N2O5/c1-11(23-16(20)12-7-3-2-4-8-12)15(19)17-13-9-5-6-10-14(13)18(21)22/h2-3,5-6,9-12H,4,7-8H2,1H3,(H,17,19)/t11-,12-/m1/s1.